The Kier molecular flexibility index (Phi) is 5.02. The molecule has 0 spiro atoms. The second-order valence-corrected chi connectivity index (χ2v) is 5.96. The summed E-state index contributed by atoms with van der Waals surface area (Å²) in [7, 11) is 1.82. The van der Waals surface area contributed by atoms with Gasteiger partial charge in [-0.2, -0.15) is 0 Å². The van der Waals surface area contributed by atoms with E-state index in [1.165, 1.54) is 0 Å². The molecule has 0 aliphatic heterocycles. The number of carbonyl (C=O) groups is 1. The first kappa shape index (κ1) is 15.6. The predicted octanol–water partition coefficient (Wildman–Crippen LogP) is 4.29. The lowest BCUT2D eigenvalue weighted by Gasteiger charge is -2.16. The van der Waals surface area contributed by atoms with Gasteiger partial charge in [0.25, 0.3) is 5.91 Å². The zero-order valence-corrected chi connectivity index (χ0v) is 14.0. The molecule has 1 unspecified atom stereocenters. The second-order valence-electron chi connectivity index (χ2n) is 5.05. The Hall–Kier alpha value is -1.81. The Morgan fingerprint density at radius 3 is 2.62 bits per heavy atom. The van der Waals surface area contributed by atoms with Crippen molar-refractivity contribution >= 4 is 27.5 Å². The Bertz CT molecular complexity index is 655. The molecule has 2 rings (SSSR count). The third-order valence-electron chi connectivity index (χ3n) is 3.39. The van der Waals surface area contributed by atoms with Crippen molar-refractivity contribution in [3.63, 3.8) is 0 Å². The van der Waals surface area contributed by atoms with Crippen molar-refractivity contribution in [1.29, 1.82) is 0 Å². The summed E-state index contributed by atoms with van der Waals surface area (Å²) < 4.78 is 1.01. The topological polar surface area (TPSA) is 41.1 Å². The van der Waals surface area contributed by atoms with Gasteiger partial charge in [-0.05, 0) is 43.7 Å². The van der Waals surface area contributed by atoms with Crippen molar-refractivity contribution in [2.45, 2.75) is 19.9 Å². The van der Waals surface area contributed by atoms with E-state index in [9.17, 15) is 4.79 Å². The van der Waals surface area contributed by atoms with Gasteiger partial charge in [-0.3, -0.25) is 4.79 Å². The van der Waals surface area contributed by atoms with Crippen LogP contribution in [0.15, 0.2) is 46.9 Å². The van der Waals surface area contributed by atoms with Gasteiger partial charge in [0, 0.05) is 17.2 Å². The number of rotatable bonds is 4. The highest BCUT2D eigenvalue weighted by atomic mass is 79.9. The van der Waals surface area contributed by atoms with Crippen LogP contribution in [0.5, 0.6) is 0 Å². The maximum absolute atomic E-state index is 12.5. The summed E-state index contributed by atoms with van der Waals surface area (Å²) in [5.74, 6) is -0.0736. The van der Waals surface area contributed by atoms with Gasteiger partial charge in [-0.15, -0.1) is 0 Å². The molecule has 2 aromatic carbocycles. The Morgan fingerprint density at radius 1 is 1.19 bits per heavy atom. The molecule has 0 fully saturated rings. The fourth-order valence-corrected chi connectivity index (χ4v) is 2.61. The van der Waals surface area contributed by atoms with Gasteiger partial charge in [-0.25, -0.2) is 0 Å². The van der Waals surface area contributed by atoms with Crippen LogP contribution in [0.1, 0.15) is 34.5 Å². The lowest BCUT2D eigenvalue weighted by molar-refractivity contribution is 0.0940. The van der Waals surface area contributed by atoms with E-state index in [4.69, 9.17) is 0 Å². The number of amides is 1. The minimum atomic E-state index is -0.0736. The van der Waals surface area contributed by atoms with E-state index in [-0.39, 0.29) is 11.9 Å². The zero-order valence-electron chi connectivity index (χ0n) is 12.4. The van der Waals surface area contributed by atoms with Crippen LogP contribution >= 0.6 is 15.9 Å². The van der Waals surface area contributed by atoms with E-state index >= 15 is 0 Å². The lowest BCUT2D eigenvalue weighted by atomic mass is 10.1. The third kappa shape index (κ3) is 3.85. The van der Waals surface area contributed by atoms with Crippen molar-refractivity contribution in [3.05, 3.63) is 63.6 Å². The zero-order chi connectivity index (χ0) is 15.4. The molecule has 1 atom stereocenters. The molecular weight excluding hydrogens is 328 g/mol. The fraction of sp³-hybridized carbons (Fsp3) is 0.235. The number of benzene rings is 2. The number of halogens is 1. The SMILES string of the molecule is CNc1ccc(C)cc1C(=O)NC(C)c1cccc(Br)c1. The first-order valence-electron chi connectivity index (χ1n) is 6.86. The van der Waals surface area contributed by atoms with Crippen LogP contribution in [-0.2, 0) is 0 Å². The predicted molar refractivity (Wildman–Crippen MR) is 90.7 cm³/mol. The van der Waals surface area contributed by atoms with Gasteiger partial charge in [-0.1, -0.05) is 39.7 Å². The first-order valence-corrected chi connectivity index (χ1v) is 7.65. The van der Waals surface area contributed by atoms with Crippen molar-refractivity contribution in [3.8, 4) is 0 Å². The number of anilines is 1. The molecule has 110 valence electrons. The quantitative estimate of drug-likeness (QED) is 0.866. The minimum Gasteiger partial charge on any atom is -0.387 e. The summed E-state index contributed by atoms with van der Waals surface area (Å²) in [5, 5.41) is 6.10. The van der Waals surface area contributed by atoms with Crippen LogP contribution < -0.4 is 10.6 Å². The molecule has 3 nitrogen and oxygen atoms in total. The monoisotopic (exact) mass is 346 g/mol. The van der Waals surface area contributed by atoms with Crippen molar-refractivity contribution < 1.29 is 4.79 Å². The van der Waals surface area contributed by atoms with Crippen molar-refractivity contribution in [1.82, 2.24) is 5.32 Å². The molecule has 0 aliphatic carbocycles. The molecule has 0 aromatic heterocycles. The van der Waals surface area contributed by atoms with E-state index < -0.39 is 0 Å². The van der Waals surface area contributed by atoms with Crippen LogP contribution in [0.25, 0.3) is 0 Å². The van der Waals surface area contributed by atoms with Crippen LogP contribution in [0.3, 0.4) is 0 Å². The average Bonchev–Trinajstić information content (AvgIpc) is 2.47. The number of hydrogen-bond acceptors (Lipinski definition) is 2. The molecule has 2 N–H and O–H groups in total. The summed E-state index contributed by atoms with van der Waals surface area (Å²) in [6, 6.07) is 13.7. The third-order valence-corrected chi connectivity index (χ3v) is 3.88. The maximum atomic E-state index is 12.5. The molecule has 21 heavy (non-hydrogen) atoms. The molecular formula is C17H19BrN2O. The standard InChI is InChI=1S/C17H19BrN2O/c1-11-7-8-16(19-3)15(9-11)17(21)20-12(2)13-5-4-6-14(18)10-13/h4-10,12,19H,1-3H3,(H,20,21). The molecule has 0 aliphatic rings. The van der Waals surface area contributed by atoms with E-state index in [0.29, 0.717) is 5.56 Å². The Balaban J connectivity index is 2.20. The van der Waals surface area contributed by atoms with Crippen molar-refractivity contribution in [2.24, 2.45) is 0 Å². The number of nitrogens with one attached hydrogen (secondary N) is 2. The van der Waals surface area contributed by atoms with Crippen LogP contribution in [-0.4, -0.2) is 13.0 Å². The fourth-order valence-electron chi connectivity index (χ4n) is 2.20. The number of carbonyl (C=O) groups excluding carboxylic acids is 1. The molecule has 0 bridgehead atoms. The molecule has 0 heterocycles. The molecule has 1 amide bonds. The summed E-state index contributed by atoms with van der Waals surface area (Å²) in [5.41, 5.74) is 3.63. The van der Waals surface area contributed by atoms with E-state index in [1.54, 1.807) is 0 Å². The van der Waals surface area contributed by atoms with E-state index in [1.807, 2.05) is 63.4 Å². The van der Waals surface area contributed by atoms with Crippen LogP contribution in [0.4, 0.5) is 5.69 Å². The normalized spacial score (nSPS) is 11.8. The largest absolute Gasteiger partial charge is 0.387 e. The molecule has 4 heteroatoms. The molecule has 0 saturated carbocycles. The van der Waals surface area contributed by atoms with Gasteiger partial charge in [0.1, 0.15) is 0 Å². The van der Waals surface area contributed by atoms with Gasteiger partial charge in [0.15, 0.2) is 0 Å². The lowest BCUT2D eigenvalue weighted by Crippen LogP contribution is -2.27. The molecule has 2 aromatic rings. The first-order chi connectivity index (χ1) is 10.0. The number of hydrogen-bond donors (Lipinski definition) is 2. The highest BCUT2D eigenvalue weighted by Gasteiger charge is 2.14. The number of aryl methyl sites for hydroxylation is 1. The van der Waals surface area contributed by atoms with Crippen LogP contribution in [0, 0.1) is 6.92 Å². The highest BCUT2D eigenvalue weighted by Crippen LogP contribution is 2.21. The van der Waals surface area contributed by atoms with Crippen molar-refractivity contribution in [2.75, 3.05) is 12.4 Å². The van der Waals surface area contributed by atoms with Gasteiger partial charge >= 0.3 is 0 Å². The van der Waals surface area contributed by atoms with Gasteiger partial charge in [0.05, 0.1) is 11.6 Å². The summed E-state index contributed by atoms with van der Waals surface area (Å²) in [6.07, 6.45) is 0. The van der Waals surface area contributed by atoms with Crippen LogP contribution in [0.2, 0.25) is 0 Å². The summed E-state index contributed by atoms with van der Waals surface area (Å²) >= 11 is 3.45. The van der Waals surface area contributed by atoms with E-state index in [0.717, 1.165) is 21.3 Å². The highest BCUT2D eigenvalue weighted by molar-refractivity contribution is 9.10. The van der Waals surface area contributed by atoms with Gasteiger partial charge < -0.3 is 10.6 Å². The Labute approximate surface area is 133 Å². The summed E-state index contributed by atoms with van der Waals surface area (Å²) in [4.78, 5) is 12.5. The average molecular weight is 347 g/mol. The Morgan fingerprint density at radius 2 is 1.95 bits per heavy atom. The summed E-state index contributed by atoms with van der Waals surface area (Å²) in [6.45, 7) is 3.96. The van der Waals surface area contributed by atoms with Gasteiger partial charge in [0.2, 0.25) is 0 Å². The van der Waals surface area contributed by atoms with E-state index in [2.05, 4.69) is 26.6 Å². The minimum absolute atomic E-state index is 0.0554. The second kappa shape index (κ2) is 6.76. The molecule has 0 saturated heterocycles. The smallest absolute Gasteiger partial charge is 0.253 e. The molecule has 0 radical (unpaired) electrons. The maximum Gasteiger partial charge on any atom is 0.253 e.